The van der Waals surface area contributed by atoms with Crippen LogP contribution in [-0.2, 0) is 10.1 Å². The number of aryl methyl sites for hydroxylation is 1. The SMILES string of the molecule is Cc1cc(S(=O)(=O)O)cc(N)c1C.[NaH]. The van der Waals surface area contributed by atoms with E-state index in [9.17, 15) is 8.42 Å². The van der Waals surface area contributed by atoms with Crippen LogP contribution in [0.5, 0.6) is 0 Å². The third kappa shape index (κ3) is 2.96. The van der Waals surface area contributed by atoms with Gasteiger partial charge >= 0.3 is 29.6 Å². The van der Waals surface area contributed by atoms with Gasteiger partial charge in [0, 0.05) is 5.69 Å². The maximum atomic E-state index is 10.7. The van der Waals surface area contributed by atoms with E-state index in [0.717, 1.165) is 11.1 Å². The van der Waals surface area contributed by atoms with Gasteiger partial charge < -0.3 is 5.73 Å². The summed E-state index contributed by atoms with van der Waals surface area (Å²) in [6.45, 7) is 3.53. The normalized spacial score (nSPS) is 10.8. The molecule has 0 unspecified atom stereocenters. The second kappa shape index (κ2) is 4.63. The predicted molar refractivity (Wildman–Crippen MR) is 57.3 cm³/mol. The summed E-state index contributed by atoms with van der Waals surface area (Å²) in [4.78, 5) is -0.159. The predicted octanol–water partition coefficient (Wildman–Crippen LogP) is 0.484. The van der Waals surface area contributed by atoms with Gasteiger partial charge in [0.1, 0.15) is 0 Å². The number of anilines is 1. The number of hydrogen-bond donors (Lipinski definition) is 2. The van der Waals surface area contributed by atoms with Crippen LogP contribution in [0.4, 0.5) is 5.69 Å². The molecule has 0 aliphatic heterocycles. The Bertz CT molecular complexity index is 419. The molecule has 0 spiro atoms. The summed E-state index contributed by atoms with van der Waals surface area (Å²) in [6, 6.07) is 2.64. The van der Waals surface area contributed by atoms with Crippen LogP contribution in [0.1, 0.15) is 11.1 Å². The van der Waals surface area contributed by atoms with Crippen LogP contribution >= 0.6 is 0 Å². The standard InChI is InChI=1S/C8H11NO3S.Na.H/c1-5-3-7(13(10,11)12)4-8(9)6(5)2;;/h3-4H,9H2,1-2H3,(H,10,11,12);;. The van der Waals surface area contributed by atoms with Gasteiger partial charge in [-0.2, -0.15) is 8.42 Å². The minimum atomic E-state index is -4.14. The molecular formula is C8H12NNaO3S. The van der Waals surface area contributed by atoms with Crippen molar-refractivity contribution in [3.05, 3.63) is 23.3 Å². The number of nitrogens with two attached hydrogens (primary N) is 1. The van der Waals surface area contributed by atoms with E-state index in [1.54, 1.807) is 13.8 Å². The fourth-order valence-corrected chi connectivity index (χ4v) is 1.60. The van der Waals surface area contributed by atoms with E-state index in [1.165, 1.54) is 12.1 Å². The second-order valence-electron chi connectivity index (χ2n) is 2.93. The van der Waals surface area contributed by atoms with Crippen LogP contribution in [0.25, 0.3) is 0 Å². The molecule has 0 atom stereocenters. The van der Waals surface area contributed by atoms with E-state index in [4.69, 9.17) is 10.3 Å². The Hall–Kier alpha value is -0.0700. The van der Waals surface area contributed by atoms with E-state index in [2.05, 4.69) is 0 Å². The third-order valence-corrected chi connectivity index (χ3v) is 2.81. The molecule has 1 aromatic carbocycles. The molecule has 0 fully saturated rings. The summed E-state index contributed by atoms with van der Waals surface area (Å²) in [5, 5.41) is 0. The molecule has 0 heterocycles. The van der Waals surface area contributed by atoms with Crippen molar-refractivity contribution in [2.75, 3.05) is 5.73 Å². The first-order valence-corrected chi connectivity index (χ1v) is 5.10. The molecule has 4 nitrogen and oxygen atoms in total. The first-order chi connectivity index (χ1) is 5.82. The van der Waals surface area contributed by atoms with E-state index in [-0.39, 0.29) is 34.5 Å². The zero-order valence-electron chi connectivity index (χ0n) is 7.40. The first-order valence-electron chi connectivity index (χ1n) is 3.66. The van der Waals surface area contributed by atoms with Crippen molar-refractivity contribution in [1.82, 2.24) is 0 Å². The summed E-state index contributed by atoms with van der Waals surface area (Å²) < 4.78 is 30.2. The maximum absolute atomic E-state index is 10.7. The molecule has 0 aliphatic rings. The number of benzene rings is 1. The fourth-order valence-electron chi connectivity index (χ4n) is 1.00. The van der Waals surface area contributed by atoms with Gasteiger partial charge in [-0.25, -0.2) is 0 Å². The quantitative estimate of drug-likeness (QED) is 0.414. The molecule has 0 amide bonds. The van der Waals surface area contributed by atoms with Crippen molar-refractivity contribution in [2.45, 2.75) is 18.7 Å². The molecule has 1 aromatic rings. The van der Waals surface area contributed by atoms with Crippen molar-refractivity contribution >= 4 is 45.4 Å². The Balaban J connectivity index is 0.00000169. The summed E-state index contributed by atoms with van der Waals surface area (Å²) in [6.07, 6.45) is 0. The van der Waals surface area contributed by atoms with Crippen LogP contribution in [-0.4, -0.2) is 42.5 Å². The number of hydrogen-bond acceptors (Lipinski definition) is 3. The monoisotopic (exact) mass is 225 g/mol. The van der Waals surface area contributed by atoms with Crippen LogP contribution in [0.2, 0.25) is 0 Å². The number of nitrogen functional groups attached to an aromatic ring is 1. The number of rotatable bonds is 1. The molecule has 0 aliphatic carbocycles. The molecule has 0 aromatic heterocycles. The van der Waals surface area contributed by atoms with Crippen molar-refractivity contribution in [2.24, 2.45) is 0 Å². The summed E-state index contributed by atoms with van der Waals surface area (Å²) in [7, 11) is -4.14. The Morgan fingerprint density at radius 2 is 1.79 bits per heavy atom. The molecule has 14 heavy (non-hydrogen) atoms. The van der Waals surface area contributed by atoms with Gasteiger partial charge in [0.15, 0.2) is 0 Å². The third-order valence-electron chi connectivity index (χ3n) is 1.98. The average Bonchev–Trinajstić information content (AvgIpc) is 1.97. The van der Waals surface area contributed by atoms with Crippen LogP contribution in [0, 0.1) is 13.8 Å². The first kappa shape index (κ1) is 13.9. The zero-order valence-corrected chi connectivity index (χ0v) is 8.22. The van der Waals surface area contributed by atoms with Gasteiger partial charge in [-0.3, -0.25) is 4.55 Å². The van der Waals surface area contributed by atoms with E-state index in [0.29, 0.717) is 5.69 Å². The Kier molecular flexibility index (Phi) is 4.61. The van der Waals surface area contributed by atoms with Crippen molar-refractivity contribution in [3.63, 3.8) is 0 Å². The molecule has 0 radical (unpaired) electrons. The van der Waals surface area contributed by atoms with Gasteiger partial charge in [-0.15, -0.1) is 0 Å². The van der Waals surface area contributed by atoms with Crippen molar-refractivity contribution < 1.29 is 13.0 Å². The average molecular weight is 225 g/mol. The summed E-state index contributed by atoms with van der Waals surface area (Å²) >= 11 is 0. The fraction of sp³-hybridized carbons (Fsp3) is 0.250. The molecular weight excluding hydrogens is 213 g/mol. The van der Waals surface area contributed by atoms with E-state index in [1.807, 2.05) is 0 Å². The molecule has 0 bridgehead atoms. The van der Waals surface area contributed by atoms with Crippen molar-refractivity contribution in [3.8, 4) is 0 Å². The molecule has 6 heteroatoms. The van der Waals surface area contributed by atoms with E-state index >= 15 is 0 Å². The molecule has 0 saturated carbocycles. The van der Waals surface area contributed by atoms with Crippen molar-refractivity contribution in [1.29, 1.82) is 0 Å². The van der Waals surface area contributed by atoms with Crippen LogP contribution in [0.15, 0.2) is 17.0 Å². The summed E-state index contributed by atoms with van der Waals surface area (Å²) in [5.41, 5.74) is 7.48. The second-order valence-corrected chi connectivity index (χ2v) is 4.35. The van der Waals surface area contributed by atoms with Gasteiger partial charge in [0.05, 0.1) is 4.90 Å². The Morgan fingerprint density at radius 3 is 2.14 bits per heavy atom. The molecule has 1 rings (SSSR count). The van der Waals surface area contributed by atoms with Crippen LogP contribution in [0.3, 0.4) is 0 Å². The summed E-state index contributed by atoms with van der Waals surface area (Å²) in [5.74, 6) is 0. The van der Waals surface area contributed by atoms with Gasteiger partial charge in [0.25, 0.3) is 10.1 Å². The molecule has 0 saturated heterocycles. The van der Waals surface area contributed by atoms with E-state index < -0.39 is 10.1 Å². The zero-order chi connectivity index (χ0) is 10.2. The van der Waals surface area contributed by atoms with Gasteiger partial charge in [-0.1, -0.05) is 0 Å². The Morgan fingerprint density at radius 1 is 1.29 bits per heavy atom. The van der Waals surface area contributed by atoms with Gasteiger partial charge in [0.2, 0.25) is 0 Å². The minimum absolute atomic E-state index is 0. The molecule has 3 N–H and O–H groups in total. The molecule has 74 valence electrons. The van der Waals surface area contributed by atoms with Gasteiger partial charge in [-0.05, 0) is 37.1 Å². The Labute approximate surface area is 106 Å². The van der Waals surface area contributed by atoms with Crippen LogP contribution < -0.4 is 5.73 Å². The topological polar surface area (TPSA) is 80.4 Å².